The number of rotatable bonds is 8. The molecule has 0 saturated carbocycles. The second kappa shape index (κ2) is 8.93. The number of para-hydroxylation sites is 1. The van der Waals surface area contributed by atoms with E-state index in [1.807, 2.05) is 30.3 Å². The molecule has 8 nitrogen and oxygen atoms in total. The first-order valence-electron chi connectivity index (χ1n) is 8.46. The smallest absolute Gasteiger partial charge is 0.267 e. The van der Waals surface area contributed by atoms with Crippen molar-refractivity contribution in [3.63, 3.8) is 0 Å². The standard InChI is InChI=1S/C19H21N5O3/c1-27-12-14-11-22-19(23-15-5-3-2-4-6-15)24-17(14)13-9-16(21-10-13)18(26)20-7-8-25/h2-6,9-11,21,25H,7-8,12H2,1H3,(H,20,26)(H,22,23,24). The van der Waals surface area contributed by atoms with Crippen molar-refractivity contribution in [3.8, 4) is 11.3 Å². The second-order valence-corrected chi connectivity index (χ2v) is 5.77. The highest BCUT2D eigenvalue weighted by Gasteiger charge is 2.14. The van der Waals surface area contributed by atoms with Crippen molar-refractivity contribution in [2.45, 2.75) is 6.61 Å². The fraction of sp³-hybridized carbons (Fsp3) is 0.211. The Morgan fingerprint density at radius 3 is 2.85 bits per heavy atom. The molecule has 0 aliphatic rings. The highest BCUT2D eigenvalue weighted by Crippen LogP contribution is 2.25. The lowest BCUT2D eigenvalue weighted by Crippen LogP contribution is -2.26. The Hall–Kier alpha value is -3.23. The molecule has 1 aromatic carbocycles. The highest BCUT2D eigenvalue weighted by molar-refractivity contribution is 5.93. The number of H-pyrrole nitrogens is 1. The minimum atomic E-state index is -0.291. The first kappa shape index (κ1) is 18.6. The molecule has 8 heteroatoms. The summed E-state index contributed by atoms with van der Waals surface area (Å²) in [5.41, 5.74) is 3.48. The summed E-state index contributed by atoms with van der Waals surface area (Å²) < 4.78 is 5.24. The summed E-state index contributed by atoms with van der Waals surface area (Å²) in [6, 6.07) is 11.3. The summed E-state index contributed by atoms with van der Waals surface area (Å²) in [5, 5.41) is 14.6. The SMILES string of the molecule is COCc1cnc(Nc2ccccc2)nc1-c1c[nH]c(C(=O)NCCO)c1. The van der Waals surface area contributed by atoms with Gasteiger partial charge in [0.25, 0.3) is 5.91 Å². The van der Waals surface area contributed by atoms with Crippen LogP contribution >= 0.6 is 0 Å². The van der Waals surface area contributed by atoms with E-state index in [1.165, 1.54) is 0 Å². The van der Waals surface area contributed by atoms with Crippen LogP contribution in [0.5, 0.6) is 0 Å². The average molecular weight is 367 g/mol. The van der Waals surface area contributed by atoms with Gasteiger partial charge >= 0.3 is 0 Å². The van der Waals surface area contributed by atoms with Gasteiger partial charge in [-0.2, -0.15) is 0 Å². The largest absolute Gasteiger partial charge is 0.395 e. The number of carbonyl (C=O) groups is 1. The quantitative estimate of drug-likeness (QED) is 0.485. The second-order valence-electron chi connectivity index (χ2n) is 5.77. The Morgan fingerprint density at radius 2 is 2.11 bits per heavy atom. The van der Waals surface area contributed by atoms with E-state index in [0.29, 0.717) is 23.9 Å². The molecule has 1 amide bonds. The number of nitrogens with one attached hydrogen (secondary N) is 3. The molecule has 3 rings (SSSR count). The number of anilines is 2. The van der Waals surface area contributed by atoms with Gasteiger partial charge in [-0.1, -0.05) is 18.2 Å². The van der Waals surface area contributed by atoms with Crippen LogP contribution in [0.4, 0.5) is 11.6 Å². The van der Waals surface area contributed by atoms with Crippen molar-refractivity contribution in [3.05, 3.63) is 60.0 Å². The minimum Gasteiger partial charge on any atom is -0.395 e. The van der Waals surface area contributed by atoms with E-state index >= 15 is 0 Å². The molecule has 27 heavy (non-hydrogen) atoms. The van der Waals surface area contributed by atoms with Crippen molar-refractivity contribution >= 4 is 17.5 Å². The number of hydrogen-bond acceptors (Lipinski definition) is 6. The maximum absolute atomic E-state index is 12.0. The number of benzene rings is 1. The highest BCUT2D eigenvalue weighted by atomic mass is 16.5. The summed E-state index contributed by atoms with van der Waals surface area (Å²) in [5.74, 6) is 0.156. The maximum Gasteiger partial charge on any atom is 0.267 e. The Morgan fingerprint density at radius 1 is 1.30 bits per heavy atom. The third-order valence-electron chi connectivity index (χ3n) is 3.79. The van der Waals surface area contributed by atoms with Crippen LogP contribution in [0.25, 0.3) is 11.3 Å². The van der Waals surface area contributed by atoms with E-state index in [1.54, 1.807) is 25.6 Å². The summed E-state index contributed by atoms with van der Waals surface area (Å²) in [7, 11) is 1.60. The molecule has 0 aliphatic carbocycles. The Kier molecular flexibility index (Phi) is 6.14. The van der Waals surface area contributed by atoms with Crippen LogP contribution in [0.2, 0.25) is 0 Å². The van der Waals surface area contributed by atoms with Crippen LogP contribution < -0.4 is 10.6 Å². The lowest BCUT2D eigenvalue weighted by molar-refractivity contribution is 0.0940. The monoisotopic (exact) mass is 367 g/mol. The first-order chi connectivity index (χ1) is 13.2. The molecule has 0 spiro atoms. The zero-order chi connectivity index (χ0) is 19.1. The van der Waals surface area contributed by atoms with Crippen LogP contribution in [-0.2, 0) is 11.3 Å². The summed E-state index contributed by atoms with van der Waals surface area (Å²) in [6.45, 7) is 0.427. The van der Waals surface area contributed by atoms with E-state index in [0.717, 1.165) is 16.8 Å². The zero-order valence-electron chi connectivity index (χ0n) is 14.9. The predicted molar refractivity (Wildman–Crippen MR) is 102 cm³/mol. The Balaban J connectivity index is 1.89. The third kappa shape index (κ3) is 4.69. The lowest BCUT2D eigenvalue weighted by Gasteiger charge is -2.10. The summed E-state index contributed by atoms with van der Waals surface area (Å²) in [6.07, 6.45) is 3.41. The van der Waals surface area contributed by atoms with Crippen LogP contribution in [0.3, 0.4) is 0 Å². The number of methoxy groups -OCH3 is 1. The molecule has 0 radical (unpaired) electrons. The number of carbonyl (C=O) groups excluding carboxylic acids is 1. The Bertz CT molecular complexity index is 895. The number of aromatic nitrogens is 3. The topological polar surface area (TPSA) is 112 Å². The predicted octanol–water partition coefficient (Wildman–Crippen LogP) is 2.08. The van der Waals surface area contributed by atoms with E-state index < -0.39 is 0 Å². The van der Waals surface area contributed by atoms with E-state index in [-0.39, 0.29) is 19.1 Å². The zero-order valence-corrected chi connectivity index (χ0v) is 14.9. The molecule has 0 unspecified atom stereocenters. The number of aliphatic hydroxyl groups is 1. The molecule has 2 heterocycles. The maximum atomic E-state index is 12.0. The molecule has 2 aromatic heterocycles. The lowest BCUT2D eigenvalue weighted by atomic mass is 10.1. The van der Waals surface area contributed by atoms with Gasteiger partial charge in [0.05, 0.1) is 18.9 Å². The molecule has 0 aliphatic heterocycles. The van der Waals surface area contributed by atoms with Gasteiger partial charge < -0.3 is 25.5 Å². The molecule has 4 N–H and O–H groups in total. The molecular formula is C19H21N5O3. The van der Waals surface area contributed by atoms with Crippen molar-refractivity contribution in [2.75, 3.05) is 25.6 Å². The van der Waals surface area contributed by atoms with Gasteiger partial charge in [-0.25, -0.2) is 9.97 Å². The number of aromatic amines is 1. The molecular weight excluding hydrogens is 346 g/mol. The van der Waals surface area contributed by atoms with Crippen LogP contribution in [0.1, 0.15) is 16.1 Å². The number of hydrogen-bond donors (Lipinski definition) is 4. The number of amides is 1. The van der Waals surface area contributed by atoms with Crippen molar-refractivity contribution in [1.82, 2.24) is 20.3 Å². The average Bonchev–Trinajstić information content (AvgIpc) is 3.18. The molecule has 0 saturated heterocycles. The summed E-state index contributed by atoms with van der Waals surface area (Å²) in [4.78, 5) is 23.9. The van der Waals surface area contributed by atoms with E-state index in [2.05, 4.69) is 25.6 Å². The molecule has 0 fully saturated rings. The van der Waals surface area contributed by atoms with Gasteiger partial charge in [-0.3, -0.25) is 4.79 Å². The molecule has 0 bridgehead atoms. The normalized spacial score (nSPS) is 10.6. The van der Waals surface area contributed by atoms with Crippen LogP contribution in [-0.4, -0.2) is 46.2 Å². The van der Waals surface area contributed by atoms with E-state index in [4.69, 9.17) is 9.84 Å². The van der Waals surface area contributed by atoms with Gasteiger partial charge in [-0.05, 0) is 18.2 Å². The van der Waals surface area contributed by atoms with Gasteiger partial charge in [0.2, 0.25) is 5.95 Å². The number of ether oxygens (including phenoxy) is 1. The van der Waals surface area contributed by atoms with Gasteiger partial charge in [0.1, 0.15) is 5.69 Å². The first-order valence-corrected chi connectivity index (χ1v) is 8.46. The van der Waals surface area contributed by atoms with Gasteiger partial charge in [-0.15, -0.1) is 0 Å². The fourth-order valence-corrected chi connectivity index (χ4v) is 2.56. The fourth-order valence-electron chi connectivity index (χ4n) is 2.56. The van der Waals surface area contributed by atoms with Gasteiger partial charge in [0.15, 0.2) is 0 Å². The van der Waals surface area contributed by atoms with E-state index in [9.17, 15) is 4.79 Å². The molecule has 0 atom stereocenters. The number of nitrogens with zero attached hydrogens (tertiary/aromatic N) is 2. The molecule has 3 aromatic rings. The van der Waals surface area contributed by atoms with Gasteiger partial charge in [0, 0.05) is 42.9 Å². The Labute approximate surface area is 156 Å². The van der Waals surface area contributed by atoms with Crippen molar-refractivity contribution in [2.24, 2.45) is 0 Å². The minimum absolute atomic E-state index is 0.113. The van der Waals surface area contributed by atoms with Crippen LogP contribution in [0.15, 0.2) is 48.8 Å². The summed E-state index contributed by atoms with van der Waals surface area (Å²) >= 11 is 0. The third-order valence-corrected chi connectivity index (χ3v) is 3.79. The van der Waals surface area contributed by atoms with Crippen molar-refractivity contribution in [1.29, 1.82) is 0 Å². The van der Waals surface area contributed by atoms with Crippen LogP contribution in [0, 0.1) is 0 Å². The number of aliphatic hydroxyl groups excluding tert-OH is 1. The molecule has 140 valence electrons. The van der Waals surface area contributed by atoms with Crippen molar-refractivity contribution < 1.29 is 14.6 Å².